The summed E-state index contributed by atoms with van der Waals surface area (Å²) in [5.74, 6) is 0.573. The van der Waals surface area contributed by atoms with Crippen LogP contribution < -0.4 is 9.64 Å². The summed E-state index contributed by atoms with van der Waals surface area (Å²) < 4.78 is 20.2. The fourth-order valence-corrected chi connectivity index (χ4v) is 5.99. The molecular weight excluding hydrogens is 469 g/mol. The van der Waals surface area contributed by atoms with E-state index in [4.69, 9.17) is 4.74 Å². The van der Waals surface area contributed by atoms with Crippen LogP contribution in [-0.4, -0.2) is 44.7 Å². The predicted molar refractivity (Wildman–Crippen MR) is 142 cm³/mol. The number of aromatic hydroxyl groups is 1. The molecule has 0 spiro atoms. The summed E-state index contributed by atoms with van der Waals surface area (Å²) in [6, 6.07) is 9.04. The number of aromatic nitrogens is 4. The van der Waals surface area contributed by atoms with E-state index in [9.17, 15) is 5.11 Å². The minimum atomic E-state index is -0.498. The molecule has 2 heterocycles. The Morgan fingerprint density at radius 3 is 2.59 bits per heavy atom. The van der Waals surface area contributed by atoms with Crippen molar-refractivity contribution < 1.29 is 14.2 Å². The smallest absolute Gasteiger partial charge is 0.233 e. The minimum Gasteiger partial charge on any atom is -0.507 e. The molecule has 2 aliphatic carbocycles. The van der Waals surface area contributed by atoms with E-state index in [1.54, 1.807) is 6.07 Å². The Morgan fingerprint density at radius 2 is 1.89 bits per heavy atom. The molecule has 8 heteroatoms. The maximum absolute atomic E-state index is 15.1. The molecule has 0 aliphatic heterocycles. The molecule has 2 saturated carbocycles. The van der Waals surface area contributed by atoms with Crippen LogP contribution in [0.2, 0.25) is 0 Å². The van der Waals surface area contributed by atoms with Gasteiger partial charge in [-0.05, 0) is 68.2 Å². The van der Waals surface area contributed by atoms with Gasteiger partial charge in [0.15, 0.2) is 5.82 Å². The quantitative estimate of drug-likeness (QED) is 0.347. The van der Waals surface area contributed by atoms with Gasteiger partial charge in [-0.15, -0.1) is 15.3 Å². The molecule has 7 nitrogen and oxygen atoms in total. The van der Waals surface area contributed by atoms with Crippen LogP contribution in [0.15, 0.2) is 36.5 Å². The zero-order valence-electron chi connectivity index (χ0n) is 22.0. The second kappa shape index (κ2) is 10.6. The van der Waals surface area contributed by atoms with Crippen LogP contribution >= 0.6 is 0 Å². The molecule has 2 fully saturated rings. The standard InChI is InChI=1S/C29H36FN5O2/c1-4-12-29(2)13-6-5-7-21(17-29)35(20-8-9-20)27-11-10-25(32-33-27)23-15-24(30)22(16-26(23)36)19-14-28(37-3)34-31-18-19/h10-11,14-16,18,20-21,36H,4-9,12-13,17H2,1-3H3/t21-,29+/m0/s1. The molecule has 2 aromatic heterocycles. The number of ether oxygens (including phenoxy) is 1. The van der Waals surface area contributed by atoms with Crippen molar-refractivity contribution in [1.82, 2.24) is 20.4 Å². The van der Waals surface area contributed by atoms with Crippen molar-refractivity contribution >= 4 is 5.82 Å². The van der Waals surface area contributed by atoms with Crippen molar-refractivity contribution in [2.24, 2.45) is 5.41 Å². The van der Waals surface area contributed by atoms with Crippen molar-refractivity contribution in [3.63, 3.8) is 0 Å². The summed E-state index contributed by atoms with van der Waals surface area (Å²) in [7, 11) is 1.47. The Morgan fingerprint density at radius 1 is 1.05 bits per heavy atom. The monoisotopic (exact) mass is 505 g/mol. The van der Waals surface area contributed by atoms with Crippen LogP contribution in [0.3, 0.4) is 0 Å². The second-order valence-corrected chi connectivity index (χ2v) is 10.9. The lowest BCUT2D eigenvalue weighted by Crippen LogP contribution is -2.40. The van der Waals surface area contributed by atoms with E-state index in [0.717, 1.165) is 5.82 Å². The Hall–Kier alpha value is -3.29. The zero-order chi connectivity index (χ0) is 26.0. The Bertz CT molecular complexity index is 1230. The first-order chi connectivity index (χ1) is 17.9. The number of methoxy groups -OCH3 is 1. The highest BCUT2D eigenvalue weighted by Gasteiger charge is 2.39. The van der Waals surface area contributed by atoms with Gasteiger partial charge in [0.2, 0.25) is 5.88 Å². The first kappa shape index (κ1) is 25.4. The normalized spacial score (nSPS) is 21.9. The highest BCUT2D eigenvalue weighted by Crippen LogP contribution is 2.44. The number of hydrogen-bond donors (Lipinski definition) is 1. The Labute approximate surface area is 218 Å². The summed E-state index contributed by atoms with van der Waals surface area (Å²) in [6.07, 6.45) is 12.5. The van der Waals surface area contributed by atoms with Gasteiger partial charge in [-0.25, -0.2) is 4.39 Å². The van der Waals surface area contributed by atoms with Gasteiger partial charge in [-0.3, -0.25) is 0 Å². The molecule has 3 aromatic rings. The van der Waals surface area contributed by atoms with Gasteiger partial charge in [0.25, 0.3) is 0 Å². The number of anilines is 1. The fourth-order valence-electron chi connectivity index (χ4n) is 5.99. The zero-order valence-corrected chi connectivity index (χ0v) is 22.0. The third-order valence-electron chi connectivity index (χ3n) is 7.91. The minimum absolute atomic E-state index is 0.0765. The molecule has 0 amide bonds. The van der Waals surface area contributed by atoms with Crippen molar-refractivity contribution in [3.8, 4) is 34.0 Å². The van der Waals surface area contributed by atoms with Crippen molar-refractivity contribution in [1.29, 1.82) is 0 Å². The van der Waals surface area contributed by atoms with E-state index in [2.05, 4.69) is 39.1 Å². The third kappa shape index (κ3) is 5.53. The van der Waals surface area contributed by atoms with Crippen LogP contribution in [-0.2, 0) is 0 Å². The molecular formula is C29H36FN5O2. The van der Waals surface area contributed by atoms with Crippen LogP contribution in [0.25, 0.3) is 22.4 Å². The van der Waals surface area contributed by atoms with Crippen LogP contribution in [0.4, 0.5) is 10.2 Å². The summed E-state index contributed by atoms with van der Waals surface area (Å²) in [5.41, 5.74) is 1.78. The van der Waals surface area contributed by atoms with Gasteiger partial charge < -0.3 is 14.7 Å². The van der Waals surface area contributed by atoms with Crippen LogP contribution in [0.5, 0.6) is 11.6 Å². The molecule has 5 rings (SSSR count). The average molecular weight is 506 g/mol. The SMILES string of the molecule is CCC[C@]1(C)CCCC[C@H](N(c2ccc(-c3cc(F)c(-c4cnnc(OC)c4)cc3O)nn2)C2CC2)C1. The topological polar surface area (TPSA) is 84.3 Å². The van der Waals surface area contributed by atoms with E-state index in [0.29, 0.717) is 34.3 Å². The van der Waals surface area contributed by atoms with E-state index >= 15 is 4.39 Å². The van der Waals surface area contributed by atoms with Crippen LogP contribution in [0, 0.1) is 11.2 Å². The molecule has 0 unspecified atom stereocenters. The number of benzene rings is 1. The Kier molecular flexibility index (Phi) is 7.26. The van der Waals surface area contributed by atoms with E-state index in [1.807, 2.05) is 12.1 Å². The summed E-state index contributed by atoms with van der Waals surface area (Å²) >= 11 is 0. The van der Waals surface area contributed by atoms with Gasteiger partial charge in [0, 0.05) is 34.8 Å². The third-order valence-corrected chi connectivity index (χ3v) is 7.91. The largest absolute Gasteiger partial charge is 0.507 e. The van der Waals surface area contributed by atoms with E-state index in [-0.39, 0.29) is 17.2 Å². The lowest BCUT2D eigenvalue weighted by Gasteiger charge is -2.38. The molecule has 0 saturated heterocycles. The van der Waals surface area contributed by atoms with Crippen molar-refractivity contribution in [3.05, 3.63) is 42.3 Å². The molecule has 2 aliphatic rings. The highest BCUT2D eigenvalue weighted by atomic mass is 19.1. The van der Waals surface area contributed by atoms with Crippen molar-refractivity contribution in [2.45, 2.75) is 83.7 Å². The lowest BCUT2D eigenvalue weighted by atomic mass is 9.77. The highest BCUT2D eigenvalue weighted by molar-refractivity contribution is 5.75. The van der Waals surface area contributed by atoms with Gasteiger partial charge in [0.05, 0.1) is 19.0 Å². The number of rotatable bonds is 8. The number of halogens is 1. The Balaban J connectivity index is 1.41. The molecule has 0 bridgehead atoms. The van der Waals surface area contributed by atoms with Gasteiger partial charge in [-0.2, -0.15) is 5.10 Å². The summed E-state index contributed by atoms with van der Waals surface area (Å²) in [5, 5.41) is 27.5. The van der Waals surface area contributed by atoms with Crippen molar-refractivity contribution in [2.75, 3.05) is 12.0 Å². The number of hydrogen-bond acceptors (Lipinski definition) is 7. The molecule has 37 heavy (non-hydrogen) atoms. The molecule has 1 aromatic carbocycles. The first-order valence-electron chi connectivity index (χ1n) is 13.4. The molecule has 1 N–H and O–H groups in total. The second-order valence-electron chi connectivity index (χ2n) is 10.9. The van der Waals surface area contributed by atoms with E-state index in [1.165, 1.54) is 83.2 Å². The molecule has 0 radical (unpaired) electrons. The fraction of sp³-hybridized carbons (Fsp3) is 0.517. The number of phenolic OH excluding ortho intramolecular Hbond substituents is 1. The average Bonchev–Trinajstić information content (AvgIpc) is 3.75. The lowest BCUT2D eigenvalue weighted by molar-refractivity contribution is 0.236. The van der Waals surface area contributed by atoms with Crippen LogP contribution in [0.1, 0.15) is 71.6 Å². The van der Waals surface area contributed by atoms with Gasteiger partial charge in [0.1, 0.15) is 11.6 Å². The number of phenols is 1. The first-order valence-corrected chi connectivity index (χ1v) is 13.4. The number of nitrogens with zero attached hydrogens (tertiary/aromatic N) is 5. The van der Waals surface area contributed by atoms with Gasteiger partial charge in [-0.1, -0.05) is 33.1 Å². The molecule has 196 valence electrons. The summed E-state index contributed by atoms with van der Waals surface area (Å²) in [6.45, 7) is 4.73. The predicted octanol–water partition coefficient (Wildman–Crippen LogP) is 6.56. The maximum atomic E-state index is 15.1. The van der Waals surface area contributed by atoms with Gasteiger partial charge >= 0.3 is 0 Å². The molecule has 2 atom stereocenters. The summed E-state index contributed by atoms with van der Waals surface area (Å²) in [4.78, 5) is 2.50. The maximum Gasteiger partial charge on any atom is 0.233 e. The van der Waals surface area contributed by atoms with E-state index < -0.39 is 5.82 Å².